The number of rotatable bonds is 5. The predicted molar refractivity (Wildman–Crippen MR) is 134 cm³/mol. The second-order valence-corrected chi connectivity index (χ2v) is 11.4. The SMILES string of the molecule is CC(C)=CCC/C(C)=C/CC12OC(C)(C)C(Cl)CC1(Cl)C(=O)C1=C(C2=O)C(=[N+]=[N-])C(=O)C(C)=C1O. The zero-order valence-corrected chi connectivity index (χ0v) is 22.3. The molecule has 0 aromatic rings. The Morgan fingerprint density at radius 1 is 1.17 bits per heavy atom. The first-order valence-electron chi connectivity index (χ1n) is 11.5. The van der Waals surface area contributed by atoms with Crippen molar-refractivity contribution in [3.63, 3.8) is 0 Å². The summed E-state index contributed by atoms with van der Waals surface area (Å²) in [6, 6.07) is 0. The maximum absolute atomic E-state index is 14.2. The predicted octanol–water partition coefficient (Wildman–Crippen LogP) is 5.13. The number of hydrogen-bond acceptors (Lipinski definition) is 5. The van der Waals surface area contributed by atoms with Gasteiger partial charge in [-0.25, -0.2) is 0 Å². The number of halogens is 2. The van der Waals surface area contributed by atoms with E-state index in [-0.39, 0.29) is 18.4 Å². The molecule has 0 bridgehead atoms. The van der Waals surface area contributed by atoms with Crippen LogP contribution in [-0.2, 0) is 19.1 Å². The molecule has 1 saturated heterocycles. The molecule has 0 spiro atoms. The van der Waals surface area contributed by atoms with Gasteiger partial charge in [-0.2, -0.15) is 4.79 Å². The zero-order valence-electron chi connectivity index (χ0n) is 20.8. The third-order valence-electron chi connectivity index (χ3n) is 7.04. The minimum Gasteiger partial charge on any atom is -0.507 e. The van der Waals surface area contributed by atoms with E-state index in [0.717, 1.165) is 18.4 Å². The van der Waals surface area contributed by atoms with E-state index < -0.39 is 61.4 Å². The summed E-state index contributed by atoms with van der Waals surface area (Å²) in [5.74, 6) is -3.11. The van der Waals surface area contributed by atoms with E-state index in [1.165, 1.54) is 12.5 Å². The number of allylic oxidation sites excluding steroid dienone is 5. The summed E-state index contributed by atoms with van der Waals surface area (Å²) in [5, 5.41) is 9.98. The molecule has 0 aromatic carbocycles. The van der Waals surface area contributed by atoms with Crippen LogP contribution in [0.15, 0.2) is 45.8 Å². The Kier molecular flexibility index (Phi) is 7.24. The molecule has 3 rings (SSSR count). The van der Waals surface area contributed by atoms with E-state index in [0.29, 0.717) is 0 Å². The number of carbonyl (C=O) groups is 3. The maximum atomic E-state index is 14.2. The number of nitrogens with zero attached hydrogens (tertiary/aromatic N) is 2. The molecule has 3 atom stereocenters. The molecule has 0 saturated carbocycles. The fourth-order valence-electron chi connectivity index (χ4n) is 4.82. The summed E-state index contributed by atoms with van der Waals surface area (Å²) in [7, 11) is 0. The number of ketones is 3. The van der Waals surface area contributed by atoms with Crippen LogP contribution >= 0.6 is 23.2 Å². The molecule has 1 heterocycles. The number of fused-ring (bicyclic) bond motifs is 1. The van der Waals surface area contributed by atoms with Gasteiger partial charge in [0.2, 0.25) is 5.78 Å². The van der Waals surface area contributed by atoms with Crippen LogP contribution in [0.2, 0.25) is 0 Å². The fourth-order valence-corrected chi connectivity index (χ4v) is 5.62. The summed E-state index contributed by atoms with van der Waals surface area (Å²) < 4.78 is 6.33. The minimum absolute atomic E-state index is 0.0676. The van der Waals surface area contributed by atoms with Crippen LogP contribution in [0.5, 0.6) is 0 Å². The molecule has 35 heavy (non-hydrogen) atoms. The summed E-state index contributed by atoms with van der Waals surface area (Å²) in [6.07, 6.45) is 5.25. The minimum atomic E-state index is -1.95. The highest BCUT2D eigenvalue weighted by Crippen LogP contribution is 2.56. The van der Waals surface area contributed by atoms with E-state index in [4.69, 9.17) is 27.9 Å². The standard InChI is InChI=1S/C26H30Cl2N2O5/c1-13(2)8-7-9-14(3)10-11-26-23(34)17-18(20(31)15(4)21(32)19(17)30-29)22(33)25(26,28)12-16(27)24(5,6)35-26/h8,10,16,31H,7,9,11-12H2,1-6H3/b14-10+. The first-order chi connectivity index (χ1) is 16.1. The monoisotopic (exact) mass is 520 g/mol. The molecule has 1 aliphatic heterocycles. The van der Waals surface area contributed by atoms with Crippen LogP contribution in [0.3, 0.4) is 0 Å². The van der Waals surface area contributed by atoms with Crippen molar-refractivity contribution in [2.45, 2.75) is 88.7 Å². The van der Waals surface area contributed by atoms with Crippen LogP contribution < -0.4 is 0 Å². The topological polar surface area (TPSA) is 117 Å². The van der Waals surface area contributed by atoms with Crippen molar-refractivity contribution >= 4 is 46.3 Å². The van der Waals surface area contributed by atoms with Gasteiger partial charge in [0.1, 0.15) is 16.2 Å². The van der Waals surface area contributed by atoms with Crippen molar-refractivity contribution in [1.82, 2.24) is 0 Å². The van der Waals surface area contributed by atoms with E-state index in [2.05, 4.69) is 10.9 Å². The Morgan fingerprint density at radius 2 is 1.80 bits per heavy atom. The first-order valence-corrected chi connectivity index (χ1v) is 12.3. The average Bonchev–Trinajstić information content (AvgIpc) is 2.77. The van der Waals surface area contributed by atoms with Crippen molar-refractivity contribution in [1.29, 1.82) is 0 Å². The van der Waals surface area contributed by atoms with Crippen LogP contribution in [0.1, 0.15) is 67.2 Å². The van der Waals surface area contributed by atoms with E-state index in [9.17, 15) is 25.0 Å². The number of aliphatic hydroxyl groups excluding tert-OH is 1. The molecule has 9 heteroatoms. The van der Waals surface area contributed by atoms with Gasteiger partial charge in [0.05, 0.1) is 16.6 Å². The lowest BCUT2D eigenvalue weighted by Crippen LogP contribution is -2.73. The van der Waals surface area contributed by atoms with Crippen LogP contribution in [0.4, 0.5) is 0 Å². The molecule has 0 amide bonds. The van der Waals surface area contributed by atoms with Gasteiger partial charge in [-0.15, -0.1) is 23.2 Å². The van der Waals surface area contributed by atoms with Gasteiger partial charge < -0.3 is 15.4 Å². The molecule has 1 N–H and O–H groups in total. The molecule has 3 aliphatic rings. The molecular weight excluding hydrogens is 491 g/mol. The summed E-state index contributed by atoms with van der Waals surface area (Å²) in [4.78, 5) is 41.8. The van der Waals surface area contributed by atoms with Crippen molar-refractivity contribution in [3.8, 4) is 0 Å². The Hall–Kier alpha value is -2.31. The van der Waals surface area contributed by atoms with Gasteiger partial charge >= 0.3 is 5.71 Å². The number of carbonyl (C=O) groups excluding carboxylic acids is 3. The zero-order chi connectivity index (χ0) is 26.5. The lowest BCUT2D eigenvalue weighted by atomic mass is 9.61. The molecule has 3 unspecified atom stereocenters. The van der Waals surface area contributed by atoms with Gasteiger partial charge in [0, 0.05) is 12.0 Å². The van der Waals surface area contributed by atoms with Gasteiger partial charge in [0.25, 0.3) is 5.78 Å². The molecule has 0 aromatic heterocycles. The Labute approximate surface area is 215 Å². The molecule has 7 nitrogen and oxygen atoms in total. The third kappa shape index (κ3) is 4.19. The maximum Gasteiger partial charge on any atom is 0.374 e. The van der Waals surface area contributed by atoms with Gasteiger partial charge in [-0.1, -0.05) is 23.3 Å². The van der Waals surface area contributed by atoms with E-state index >= 15 is 0 Å². The highest BCUT2D eigenvalue weighted by Gasteiger charge is 2.72. The molecule has 2 aliphatic carbocycles. The summed E-state index contributed by atoms with van der Waals surface area (Å²) >= 11 is 13.6. The highest BCUT2D eigenvalue weighted by molar-refractivity contribution is 6.60. The Bertz CT molecular complexity index is 1200. The lowest BCUT2D eigenvalue weighted by Gasteiger charge is -2.56. The number of ether oxygens (including phenoxy) is 1. The molecule has 1 fully saturated rings. The second kappa shape index (κ2) is 9.29. The summed E-state index contributed by atoms with van der Waals surface area (Å²) in [5.41, 5.74) is 7.00. The number of alkyl halides is 2. The molecule has 188 valence electrons. The van der Waals surface area contributed by atoms with Crippen molar-refractivity contribution in [2.24, 2.45) is 0 Å². The molecule has 0 radical (unpaired) electrons. The van der Waals surface area contributed by atoms with Gasteiger partial charge in [-0.05, 0) is 60.8 Å². The van der Waals surface area contributed by atoms with Crippen LogP contribution in [0.25, 0.3) is 5.53 Å². The smallest absolute Gasteiger partial charge is 0.374 e. The quantitative estimate of drug-likeness (QED) is 0.177. The Balaban J connectivity index is 2.24. The second-order valence-electron chi connectivity index (χ2n) is 10.2. The first kappa shape index (κ1) is 27.3. The molecular formula is C26H30Cl2N2O5. The Morgan fingerprint density at radius 3 is 2.37 bits per heavy atom. The van der Waals surface area contributed by atoms with Crippen LogP contribution in [-0.4, -0.2) is 54.4 Å². The van der Waals surface area contributed by atoms with E-state index in [1.54, 1.807) is 19.9 Å². The van der Waals surface area contributed by atoms with Gasteiger partial charge in [-0.3, -0.25) is 14.4 Å². The van der Waals surface area contributed by atoms with Crippen molar-refractivity contribution < 1.29 is 29.0 Å². The highest BCUT2D eigenvalue weighted by atomic mass is 35.5. The number of hydrogen-bond donors (Lipinski definition) is 1. The van der Waals surface area contributed by atoms with E-state index in [1.807, 2.05) is 20.8 Å². The average molecular weight is 521 g/mol. The normalized spacial score (nSPS) is 30.7. The lowest BCUT2D eigenvalue weighted by molar-refractivity contribution is -0.195. The summed E-state index contributed by atoms with van der Waals surface area (Å²) in [6.45, 7) is 10.6. The number of Topliss-reactive ketones (excluding diaryl/α,β-unsaturated/α-hetero) is 3. The number of aliphatic hydroxyl groups is 1. The van der Waals surface area contributed by atoms with Crippen molar-refractivity contribution in [3.05, 3.63) is 51.3 Å². The van der Waals surface area contributed by atoms with Crippen LogP contribution in [0, 0.1) is 0 Å². The van der Waals surface area contributed by atoms with Crippen molar-refractivity contribution in [2.75, 3.05) is 0 Å². The largest absolute Gasteiger partial charge is 0.507 e. The fraction of sp³-hybridized carbons (Fsp3) is 0.538. The third-order valence-corrected chi connectivity index (χ3v) is 8.35. The van der Waals surface area contributed by atoms with Gasteiger partial charge in [0.15, 0.2) is 11.4 Å².